The largest absolute Gasteiger partial charge is 0.461 e. The van der Waals surface area contributed by atoms with Crippen LogP contribution in [0.4, 0.5) is 5.13 Å². The summed E-state index contributed by atoms with van der Waals surface area (Å²) in [6.07, 6.45) is 0.818. The number of halogens is 1. The number of carbonyl (C=O) groups excluding carboxylic acids is 2. The predicted octanol–water partition coefficient (Wildman–Crippen LogP) is 3.32. The van der Waals surface area contributed by atoms with Crippen LogP contribution < -0.4 is 5.32 Å². The molecule has 2 heterocycles. The fraction of sp³-hybridized carbons (Fsp3) is 0.389. The predicted molar refractivity (Wildman–Crippen MR) is 97.4 cm³/mol. The molecular weight excluding hydrogens is 404 g/mol. The van der Waals surface area contributed by atoms with Gasteiger partial charge < -0.3 is 10.1 Å². The first-order chi connectivity index (χ1) is 12.1. The Morgan fingerprint density at radius 1 is 1.28 bits per heavy atom. The Morgan fingerprint density at radius 2 is 2.08 bits per heavy atom. The van der Waals surface area contributed by atoms with Gasteiger partial charge in [0.15, 0.2) is 5.13 Å². The molecule has 1 N–H and O–H groups in total. The first kappa shape index (κ1) is 15.5. The molecule has 5 nitrogen and oxygen atoms in total. The molecule has 1 aromatic heterocycles. The Kier molecular flexibility index (Phi) is 3.50. The molecule has 1 amide bonds. The summed E-state index contributed by atoms with van der Waals surface area (Å²) in [7, 11) is 0. The van der Waals surface area contributed by atoms with E-state index in [4.69, 9.17) is 4.74 Å². The molecule has 1 aromatic carbocycles. The monoisotopic (exact) mass is 418 g/mol. The Hall–Kier alpha value is -1.73. The number of alkyl halides is 1. The van der Waals surface area contributed by atoms with Gasteiger partial charge in [0.05, 0.1) is 22.4 Å². The molecule has 0 spiro atoms. The van der Waals surface area contributed by atoms with Crippen LogP contribution in [0.1, 0.15) is 6.42 Å². The molecule has 2 aliphatic carbocycles. The maximum Gasteiger partial charge on any atom is 0.310 e. The normalized spacial score (nSPS) is 35.0. The zero-order valence-electron chi connectivity index (χ0n) is 13.1. The molecule has 1 saturated heterocycles. The van der Waals surface area contributed by atoms with E-state index in [-0.39, 0.29) is 46.5 Å². The second-order valence-corrected chi connectivity index (χ2v) is 8.77. The Morgan fingerprint density at radius 3 is 2.88 bits per heavy atom. The molecule has 3 fully saturated rings. The van der Waals surface area contributed by atoms with Crippen molar-refractivity contribution in [3.63, 3.8) is 0 Å². The molecule has 5 rings (SSSR count). The zero-order chi connectivity index (χ0) is 17.1. The molecule has 0 unspecified atom stereocenters. The van der Waals surface area contributed by atoms with E-state index in [2.05, 4.69) is 26.2 Å². The van der Waals surface area contributed by atoms with Gasteiger partial charge in [-0.05, 0) is 12.3 Å². The molecule has 1 aliphatic heterocycles. The van der Waals surface area contributed by atoms with Crippen LogP contribution in [0.3, 0.4) is 0 Å². The van der Waals surface area contributed by atoms with Crippen molar-refractivity contribution in [1.82, 2.24) is 4.98 Å². The number of ether oxygens (including phenoxy) is 1. The van der Waals surface area contributed by atoms with Gasteiger partial charge in [-0.15, -0.1) is 11.3 Å². The van der Waals surface area contributed by atoms with Crippen LogP contribution in [0.25, 0.3) is 11.3 Å². The number of aromatic nitrogens is 1. The van der Waals surface area contributed by atoms with E-state index in [1.165, 1.54) is 11.3 Å². The number of hydrogen-bond donors (Lipinski definition) is 1. The highest BCUT2D eigenvalue weighted by molar-refractivity contribution is 9.09. The summed E-state index contributed by atoms with van der Waals surface area (Å²) in [6.45, 7) is 0. The second kappa shape index (κ2) is 5.64. The average molecular weight is 419 g/mol. The number of nitrogens with zero attached hydrogens (tertiary/aromatic N) is 1. The van der Waals surface area contributed by atoms with Crippen LogP contribution >= 0.6 is 27.3 Å². The topological polar surface area (TPSA) is 68.3 Å². The Balaban J connectivity index is 1.36. The smallest absolute Gasteiger partial charge is 0.310 e. The number of rotatable bonds is 3. The summed E-state index contributed by atoms with van der Waals surface area (Å²) in [4.78, 5) is 29.6. The zero-order valence-corrected chi connectivity index (χ0v) is 15.5. The highest BCUT2D eigenvalue weighted by Gasteiger charge is 2.67. The van der Waals surface area contributed by atoms with Crippen LogP contribution in [-0.2, 0) is 14.3 Å². The lowest BCUT2D eigenvalue weighted by atomic mass is 9.79. The number of esters is 1. The summed E-state index contributed by atoms with van der Waals surface area (Å²) in [6, 6.07) is 9.85. The average Bonchev–Trinajstić information content (AvgIpc) is 3.34. The third-order valence-corrected chi connectivity index (χ3v) is 7.59. The Labute approximate surface area is 156 Å². The number of hydrogen-bond acceptors (Lipinski definition) is 5. The molecule has 2 saturated carbocycles. The van der Waals surface area contributed by atoms with E-state index in [1.807, 2.05) is 35.7 Å². The van der Waals surface area contributed by atoms with Gasteiger partial charge in [-0.25, -0.2) is 4.98 Å². The van der Waals surface area contributed by atoms with Crippen molar-refractivity contribution in [3.8, 4) is 11.3 Å². The second-order valence-electron chi connectivity index (χ2n) is 6.85. The van der Waals surface area contributed by atoms with E-state index in [9.17, 15) is 9.59 Å². The third kappa shape index (κ3) is 2.29. The molecule has 2 bridgehead atoms. The summed E-state index contributed by atoms with van der Waals surface area (Å²) < 4.78 is 5.47. The minimum atomic E-state index is -0.329. The highest BCUT2D eigenvalue weighted by Crippen LogP contribution is 2.60. The standard InChI is InChI=1S/C18H15BrN2O3S/c19-14-9-6-10-13(17(23)24-15(10)14)12(9)16(22)21-18-20-11(7-25-18)8-4-2-1-3-5-8/h1-5,7,9-10,12-15H,6H2,(H,20,21,22)/t9-,10-,12+,13+,14-,15+/m1/s1. The van der Waals surface area contributed by atoms with Gasteiger partial charge in [-0.3, -0.25) is 9.59 Å². The highest BCUT2D eigenvalue weighted by atomic mass is 79.9. The quantitative estimate of drug-likeness (QED) is 0.612. The molecule has 2 aromatic rings. The van der Waals surface area contributed by atoms with Gasteiger partial charge in [0.2, 0.25) is 5.91 Å². The summed E-state index contributed by atoms with van der Waals surface area (Å²) >= 11 is 5.04. The number of benzene rings is 1. The third-order valence-electron chi connectivity index (χ3n) is 5.63. The summed E-state index contributed by atoms with van der Waals surface area (Å²) in [5, 5.41) is 5.42. The number of fused-ring (bicyclic) bond motifs is 1. The minimum absolute atomic E-state index is 0.0592. The molecule has 3 aliphatic rings. The Bertz CT molecular complexity index is 855. The van der Waals surface area contributed by atoms with Gasteiger partial charge in [0, 0.05) is 16.9 Å². The van der Waals surface area contributed by atoms with Crippen LogP contribution in [0, 0.1) is 23.7 Å². The summed E-state index contributed by atoms with van der Waals surface area (Å²) in [5.41, 5.74) is 1.86. The molecule has 25 heavy (non-hydrogen) atoms. The number of nitrogens with one attached hydrogen (secondary N) is 1. The molecule has 7 heteroatoms. The molecular formula is C18H15BrN2O3S. The molecule has 0 radical (unpaired) electrons. The first-order valence-corrected chi connectivity index (χ1v) is 10.1. The van der Waals surface area contributed by atoms with Gasteiger partial charge in [-0.1, -0.05) is 46.3 Å². The van der Waals surface area contributed by atoms with Crippen LogP contribution in [0.2, 0.25) is 0 Å². The van der Waals surface area contributed by atoms with Gasteiger partial charge in [0.1, 0.15) is 6.10 Å². The number of amides is 1. The van der Waals surface area contributed by atoms with E-state index in [0.29, 0.717) is 5.13 Å². The van der Waals surface area contributed by atoms with Crippen molar-refractivity contribution in [3.05, 3.63) is 35.7 Å². The van der Waals surface area contributed by atoms with Crippen molar-refractivity contribution < 1.29 is 14.3 Å². The van der Waals surface area contributed by atoms with E-state index in [1.54, 1.807) is 0 Å². The number of anilines is 1. The van der Waals surface area contributed by atoms with Crippen molar-refractivity contribution in [2.24, 2.45) is 23.7 Å². The lowest BCUT2D eigenvalue weighted by Crippen LogP contribution is -2.40. The van der Waals surface area contributed by atoms with Gasteiger partial charge in [0.25, 0.3) is 0 Å². The van der Waals surface area contributed by atoms with Gasteiger partial charge in [-0.2, -0.15) is 0 Å². The summed E-state index contributed by atoms with van der Waals surface area (Å²) in [5.74, 6) is -0.632. The lowest BCUT2D eigenvalue weighted by molar-refractivity contribution is -0.145. The van der Waals surface area contributed by atoms with Crippen molar-refractivity contribution in [1.29, 1.82) is 0 Å². The first-order valence-electron chi connectivity index (χ1n) is 8.30. The lowest BCUT2D eigenvalue weighted by Gasteiger charge is -2.27. The van der Waals surface area contributed by atoms with E-state index >= 15 is 0 Å². The van der Waals surface area contributed by atoms with Crippen LogP contribution in [-0.4, -0.2) is 27.8 Å². The van der Waals surface area contributed by atoms with Crippen molar-refractivity contribution >= 4 is 44.3 Å². The number of thiazole rings is 1. The fourth-order valence-corrected chi connectivity index (χ4v) is 6.36. The van der Waals surface area contributed by atoms with Gasteiger partial charge >= 0.3 is 5.97 Å². The fourth-order valence-electron chi connectivity index (χ4n) is 4.59. The maximum absolute atomic E-state index is 12.9. The van der Waals surface area contributed by atoms with Crippen molar-refractivity contribution in [2.45, 2.75) is 17.4 Å². The van der Waals surface area contributed by atoms with E-state index in [0.717, 1.165) is 17.7 Å². The maximum atomic E-state index is 12.9. The number of carbonyl (C=O) groups is 2. The SMILES string of the molecule is O=C(Nc1nc(-c2ccccc2)cs1)[C@H]1[C@H]2C[C@H]3[C@H](OC(=O)[C@@H]31)[C@@H]2Br. The van der Waals surface area contributed by atoms with E-state index < -0.39 is 0 Å². The molecule has 128 valence electrons. The van der Waals surface area contributed by atoms with Crippen LogP contribution in [0.15, 0.2) is 35.7 Å². The molecule has 6 atom stereocenters. The van der Waals surface area contributed by atoms with Crippen molar-refractivity contribution in [2.75, 3.05) is 5.32 Å². The van der Waals surface area contributed by atoms with Crippen LogP contribution in [0.5, 0.6) is 0 Å². The minimum Gasteiger partial charge on any atom is -0.461 e.